The van der Waals surface area contributed by atoms with Gasteiger partial charge in [0.05, 0.1) is 29.6 Å². The van der Waals surface area contributed by atoms with Crippen LogP contribution in [0.2, 0.25) is 5.02 Å². The largest absolute Gasteiger partial charge is 0.453 e. The SMILES string of the molecule is C[N+](C)(Cc1ccccc1)NC(=O)c1cc(Oc2c(F)cc(C(F)(F)F)cc2Cl)ccc1[N+](=O)[O-]. The third-order valence-electron chi connectivity index (χ3n) is 4.78. The van der Waals surface area contributed by atoms with Crippen LogP contribution in [0.25, 0.3) is 0 Å². The molecule has 3 rings (SSSR count). The summed E-state index contributed by atoms with van der Waals surface area (Å²) in [5.41, 5.74) is 1.32. The van der Waals surface area contributed by atoms with E-state index in [1.807, 2.05) is 30.3 Å². The van der Waals surface area contributed by atoms with Gasteiger partial charge in [-0.2, -0.15) is 18.6 Å². The Morgan fingerprint density at radius 2 is 1.77 bits per heavy atom. The number of amides is 1. The molecule has 0 atom stereocenters. The number of nitro benzene ring substituents is 1. The molecule has 0 spiro atoms. The number of alkyl halides is 3. The van der Waals surface area contributed by atoms with E-state index in [1.165, 1.54) is 0 Å². The van der Waals surface area contributed by atoms with Crippen LogP contribution in [-0.4, -0.2) is 29.5 Å². The molecule has 0 aliphatic carbocycles. The quantitative estimate of drug-likeness (QED) is 0.179. The monoisotopic (exact) mass is 512 g/mol. The maximum atomic E-state index is 14.3. The molecule has 0 bridgehead atoms. The van der Waals surface area contributed by atoms with E-state index in [9.17, 15) is 32.5 Å². The van der Waals surface area contributed by atoms with Gasteiger partial charge in [-0.1, -0.05) is 41.9 Å². The van der Waals surface area contributed by atoms with Gasteiger partial charge in [0.15, 0.2) is 11.6 Å². The van der Waals surface area contributed by atoms with Crippen LogP contribution in [0.4, 0.5) is 23.2 Å². The fourth-order valence-corrected chi connectivity index (χ4v) is 3.52. The summed E-state index contributed by atoms with van der Waals surface area (Å²) >= 11 is 5.78. The highest BCUT2D eigenvalue weighted by molar-refractivity contribution is 6.32. The molecule has 1 amide bonds. The van der Waals surface area contributed by atoms with Gasteiger partial charge in [-0.3, -0.25) is 14.9 Å². The molecule has 0 aliphatic heterocycles. The average molecular weight is 513 g/mol. The van der Waals surface area contributed by atoms with Gasteiger partial charge in [0, 0.05) is 17.7 Å². The normalized spacial score (nSPS) is 11.7. The molecular formula is C23H19ClF4N3O4+. The molecule has 0 heterocycles. The van der Waals surface area contributed by atoms with Gasteiger partial charge in [-0.15, -0.1) is 0 Å². The second kappa shape index (κ2) is 9.88. The van der Waals surface area contributed by atoms with Gasteiger partial charge in [-0.05, 0) is 18.2 Å². The first kappa shape index (κ1) is 25.9. The predicted molar refractivity (Wildman–Crippen MR) is 119 cm³/mol. The van der Waals surface area contributed by atoms with Crippen molar-refractivity contribution < 1.29 is 36.6 Å². The van der Waals surface area contributed by atoms with Crippen LogP contribution in [0.1, 0.15) is 21.5 Å². The number of carbonyl (C=O) groups excluding carboxylic acids is 1. The van der Waals surface area contributed by atoms with E-state index in [1.54, 1.807) is 14.1 Å². The molecule has 1 N–H and O–H groups in total. The van der Waals surface area contributed by atoms with Crippen molar-refractivity contribution in [2.24, 2.45) is 0 Å². The number of nitro groups is 1. The molecule has 0 radical (unpaired) electrons. The molecule has 0 aromatic heterocycles. The third kappa shape index (κ3) is 6.46. The zero-order valence-corrected chi connectivity index (χ0v) is 19.2. The summed E-state index contributed by atoms with van der Waals surface area (Å²) in [5.74, 6) is -3.17. The Hall–Kier alpha value is -3.70. The smallest absolute Gasteiger partial charge is 0.416 e. The van der Waals surface area contributed by atoms with Crippen molar-refractivity contribution in [1.82, 2.24) is 5.43 Å². The van der Waals surface area contributed by atoms with E-state index < -0.39 is 50.4 Å². The first-order valence-corrected chi connectivity index (χ1v) is 10.4. The molecule has 0 fully saturated rings. The van der Waals surface area contributed by atoms with E-state index in [4.69, 9.17) is 16.3 Å². The number of benzene rings is 3. The Bertz CT molecular complexity index is 1240. The van der Waals surface area contributed by atoms with E-state index in [-0.39, 0.29) is 16.4 Å². The average Bonchev–Trinajstić information content (AvgIpc) is 2.75. The first-order valence-electron chi connectivity index (χ1n) is 9.99. The van der Waals surface area contributed by atoms with Crippen LogP contribution in [-0.2, 0) is 12.7 Å². The Balaban J connectivity index is 1.90. The van der Waals surface area contributed by atoms with Crippen molar-refractivity contribution in [2.75, 3.05) is 14.1 Å². The van der Waals surface area contributed by atoms with Crippen LogP contribution in [0, 0.1) is 15.9 Å². The molecule has 184 valence electrons. The van der Waals surface area contributed by atoms with Crippen LogP contribution >= 0.6 is 11.6 Å². The maximum absolute atomic E-state index is 14.3. The third-order valence-corrected chi connectivity index (χ3v) is 5.06. The number of quaternary nitrogens is 1. The van der Waals surface area contributed by atoms with Crippen molar-refractivity contribution in [3.63, 3.8) is 0 Å². The van der Waals surface area contributed by atoms with Crippen molar-refractivity contribution in [3.8, 4) is 11.5 Å². The number of hydrogen-bond acceptors (Lipinski definition) is 4. The van der Waals surface area contributed by atoms with E-state index in [0.29, 0.717) is 12.6 Å². The highest BCUT2D eigenvalue weighted by Crippen LogP contribution is 2.39. The fraction of sp³-hybridized carbons (Fsp3) is 0.174. The number of carbonyl (C=O) groups is 1. The number of halogens is 5. The van der Waals surface area contributed by atoms with Crippen molar-refractivity contribution in [1.29, 1.82) is 0 Å². The van der Waals surface area contributed by atoms with Gasteiger partial charge >= 0.3 is 12.1 Å². The van der Waals surface area contributed by atoms with Gasteiger partial charge in [0.1, 0.15) is 17.9 Å². The highest BCUT2D eigenvalue weighted by atomic mass is 35.5. The molecule has 3 aromatic rings. The highest BCUT2D eigenvalue weighted by Gasteiger charge is 2.33. The van der Waals surface area contributed by atoms with E-state index >= 15 is 0 Å². The molecule has 0 saturated carbocycles. The molecule has 35 heavy (non-hydrogen) atoms. The van der Waals surface area contributed by atoms with Crippen LogP contribution in [0.3, 0.4) is 0 Å². The van der Waals surface area contributed by atoms with E-state index in [0.717, 1.165) is 23.8 Å². The fourth-order valence-electron chi connectivity index (χ4n) is 3.27. The molecule has 7 nitrogen and oxygen atoms in total. The molecule has 0 saturated heterocycles. The minimum atomic E-state index is -4.83. The zero-order chi connectivity index (χ0) is 26.0. The maximum Gasteiger partial charge on any atom is 0.416 e. The Morgan fingerprint density at radius 3 is 2.34 bits per heavy atom. The summed E-state index contributed by atoms with van der Waals surface area (Å²) < 4.78 is 58.1. The lowest BCUT2D eigenvalue weighted by Crippen LogP contribution is -2.53. The Kier molecular flexibility index (Phi) is 7.32. The Labute approximate surface area is 202 Å². The Morgan fingerprint density at radius 1 is 1.11 bits per heavy atom. The summed E-state index contributed by atoms with van der Waals surface area (Å²) in [6.07, 6.45) is -4.83. The van der Waals surface area contributed by atoms with Crippen molar-refractivity contribution in [2.45, 2.75) is 12.7 Å². The van der Waals surface area contributed by atoms with Crippen LogP contribution in [0.5, 0.6) is 11.5 Å². The minimum Gasteiger partial charge on any atom is -0.453 e. The molecule has 12 heteroatoms. The topological polar surface area (TPSA) is 81.5 Å². The van der Waals surface area contributed by atoms with Crippen molar-refractivity contribution in [3.05, 3.63) is 98.3 Å². The van der Waals surface area contributed by atoms with E-state index in [2.05, 4.69) is 5.43 Å². The van der Waals surface area contributed by atoms with Gasteiger partial charge in [0.2, 0.25) is 0 Å². The summed E-state index contributed by atoms with van der Waals surface area (Å²) in [6.45, 7) is 0.364. The summed E-state index contributed by atoms with van der Waals surface area (Å²) in [4.78, 5) is 23.7. The number of ether oxygens (including phenoxy) is 1. The number of nitrogens with zero attached hydrogens (tertiary/aromatic N) is 2. The molecule has 0 aliphatic rings. The number of rotatable bonds is 7. The second-order valence-corrected chi connectivity index (χ2v) is 8.48. The minimum absolute atomic E-state index is 0.0650. The lowest BCUT2D eigenvalue weighted by molar-refractivity contribution is -0.937. The lowest BCUT2D eigenvalue weighted by atomic mass is 10.1. The number of hydrogen-bond donors (Lipinski definition) is 1. The van der Waals surface area contributed by atoms with Crippen LogP contribution in [0.15, 0.2) is 60.7 Å². The summed E-state index contributed by atoms with van der Waals surface area (Å²) in [5, 5.41) is 10.8. The van der Waals surface area contributed by atoms with Gasteiger partial charge < -0.3 is 4.74 Å². The van der Waals surface area contributed by atoms with Crippen LogP contribution < -0.4 is 10.2 Å². The predicted octanol–water partition coefficient (Wildman–Crippen LogP) is 6.12. The molecule has 0 unspecified atom stereocenters. The van der Waals surface area contributed by atoms with Crippen molar-refractivity contribution >= 4 is 23.2 Å². The molecule has 3 aromatic carbocycles. The summed E-state index contributed by atoms with van der Waals surface area (Å²) in [6, 6.07) is 12.9. The first-order chi connectivity index (χ1) is 16.3. The second-order valence-electron chi connectivity index (χ2n) is 8.07. The summed E-state index contributed by atoms with van der Waals surface area (Å²) in [7, 11) is 3.35. The van der Waals surface area contributed by atoms with Gasteiger partial charge in [0.25, 0.3) is 5.69 Å². The standard InChI is InChI=1S/C23H18ClF4N3O4/c1-31(2,13-14-6-4-3-5-7-14)29-22(32)17-12-16(8-9-20(17)30(33)34)35-21-18(24)10-15(11-19(21)25)23(26,27)28/h3-12H,13H2,1-2H3/p+1. The zero-order valence-electron chi connectivity index (χ0n) is 18.4. The molecular weight excluding hydrogens is 494 g/mol. The van der Waals surface area contributed by atoms with Gasteiger partial charge in [-0.25, -0.2) is 8.98 Å². The number of nitrogens with one attached hydrogen (secondary N) is 1. The lowest BCUT2D eigenvalue weighted by Gasteiger charge is -2.29.